The Morgan fingerprint density at radius 1 is 1.17 bits per heavy atom. The minimum absolute atomic E-state index is 0.285. The SMILES string of the molecule is Cc1nc(OCCCN(C)C)nc2c1CCN(c1cc(O)cc3ccccc13)C2. The predicted molar refractivity (Wildman–Crippen MR) is 116 cm³/mol. The average molecular weight is 393 g/mol. The van der Waals surface area contributed by atoms with Crippen LogP contribution in [-0.2, 0) is 13.0 Å². The van der Waals surface area contributed by atoms with Gasteiger partial charge in [-0.2, -0.15) is 4.98 Å². The molecule has 6 heteroatoms. The number of anilines is 1. The molecular formula is C23H28N4O2. The standard InChI is InChI=1S/C23H28N4O2/c1-16-19-9-11-27(22-14-18(28)13-17-7-4-5-8-20(17)22)15-21(19)25-23(24-16)29-12-6-10-26(2)3/h4-5,7-8,13-14,28H,6,9-12,15H2,1-3H3. The summed E-state index contributed by atoms with van der Waals surface area (Å²) < 4.78 is 5.83. The second-order valence-electron chi connectivity index (χ2n) is 7.88. The molecule has 1 aromatic heterocycles. The van der Waals surface area contributed by atoms with Crippen LogP contribution < -0.4 is 9.64 Å². The summed E-state index contributed by atoms with van der Waals surface area (Å²) in [5.74, 6) is 0.285. The lowest BCUT2D eigenvalue weighted by Gasteiger charge is -2.31. The first-order valence-electron chi connectivity index (χ1n) is 10.1. The van der Waals surface area contributed by atoms with E-state index in [9.17, 15) is 5.11 Å². The van der Waals surface area contributed by atoms with Gasteiger partial charge >= 0.3 is 6.01 Å². The molecule has 0 saturated heterocycles. The van der Waals surface area contributed by atoms with E-state index in [1.807, 2.05) is 37.3 Å². The van der Waals surface area contributed by atoms with Gasteiger partial charge in [0.25, 0.3) is 0 Å². The largest absolute Gasteiger partial charge is 0.508 e. The molecule has 1 N–H and O–H groups in total. The van der Waals surface area contributed by atoms with E-state index in [-0.39, 0.29) is 5.75 Å². The topological polar surface area (TPSA) is 61.7 Å². The third-order valence-electron chi connectivity index (χ3n) is 5.40. The van der Waals surface area contributed by atoms with Gasteiger partial charge in [0.15, 0.2) is 0 Å². The number of benzene rings is 2. The highest BCUT2D eigenvalue weighted by Gasteiger charge is 2.23. The molecule has 6 nitrogen and oxygen atoms in total. The van der Waals surface area contributed by atoms with Gasteiger partial charge in [0.2, 0.25) is 0 Å². The minimum atomic E-state index is 0.285. The zero-order chi connectivity index (χ0) is 20.4. The lowest BCUT2D eigenvalue weighted by atomic mass is 10.0. The normalized spacial score (nSPS) is 13.7. The Labute approximate surface area is 171 Å². The lowest BCUT2D eigenvalue weighted by Crippen LogP contribution is -2.32. The van der Waals surface area contributed by atoms with Crippen molar-refractivity contribution >= 4 is 16.5 Å². The van der Waals surface area contributed by atoms with Crippen LogP contribution in [0.15, 0.2) is 36.4 Å². The molecule has 3 aromatic rings. The molecule has 29 heavy (non-hydrogen) atoms. The van der Waals surface area contributed by atoms with E-state index in [0.717, 1.165) is 53.8 Å². The molecular weight excluding hydrogens is 364 g/mol. The summed E-state index contributed by atoms with van der Waals surface area (Å²) in [5, 5.41) is 12.4. The smallest absolute Gasteiger partial charge is 0.316 e. The maximum absolute atomic E-state index is 10.2. The van der Waals surface area contributed by atoms with Crippen LogP contribution in [0.5, 0.6) is 11.8 Å². The molecule has 152 valence electrons. The van der Waals surface area contributed by atoms with Crippen molar-refractivity contribution in [2.75, 3.05) is 38.7 Å². The van der Waals surface area contributed by atoms with Crippen molar-refractivity contribution < 1.29 is 9.84 Å². The number of nitrogens with zero attached hydrogens (tertiary/aromatic N) is 4. The molecule has 0 atom stereocenters. The summed E-state index contributed by atoms with van der Waals surface area (Å²) in [6.07, 6.45) is 1.82. The predicted octanol–water partition coefficient (Wildman–Crippen LogP) is 3.54. The summed E-state index contributed by atoms with van der Waals surface area (Å²) in [5.41, 5.74) is 4.26. The molecule has 0 bridgehead atoms. The fraction of sp³-hybridized carbons (Fsp3) is 0.391. The van der Waals surface area contributed by atoms with Crippen LogP contribution in [0.2, 0.25) is 0 Å². The van der Waals surface area contributed by atoms with E-state index >= 15 is 0 Å². The first-order valence-corrected chi connectivity index (χ1v) is 10.1. The third-order valence-corrected chi connectivity index (χ3v) is 5.40. The molecule has 4 rings (SSSR count). The van der Waals surface area contributed by atoms with Gasteiger partial charge in [0, 0.05) is 35.9 Å². The molecule has 0 amide bonds. The van der Waals surface area contributed by atoms with Gasteiger partial charge in [0.05, 0.1) is 18.8 Å². The fourth-order valence-electron chi connectivity index (χ4n) is 3.94. The quantitative estimate of drug-likeness (QED) is 0.648. The van der Waals surface area contributed by atoms with Crippen molar-refractivity contribution in [1.29, 1.82) is 0 Å². The van der Waals surface area contributed by atoms with E-state index in [2.05, 4.69) is 34.9 Å². The first-order chi connectivity index (χ1) is 14.0. The number of aromatic hydroxyl groups is 1. The van der Waals surface area contributed by atoms with Gasteiger partial charge in [0.1, 0.15) is 5.75 Å². The Morgan fingerprint density at radius 2 is 2.00 bits per heavy atom. The minimum Gasteiger partial charge on any atom is -0.508 e. The van der Waals surface area contributed by atoms with E-state index < -0.39 is 0 Å². The van der Waals surface area contributed by atoms with E-state index in [0.29, 0.717) is 19.2 Å². The summed E-state index contributed by atoms with van der Waals surface area (Å²) >= 11 is 0. The van der Waals surface area contributed by atoms with Crippen LogP contribution in [0, 0.1) is 6.92 Å². The molecule has 1 aliphatic heterocycles. The maximum atomic E-state index is 10.2. The number of ether oxygens (including phenoxy) is 1. The maximum Gasteiger partial charge on any atom is 0.316 e. The van der Waals surface area contributed by atoms with Crippen molar-refractivity contribution in [3.05, 3.63) is 53.3 Å². The molecule has 0 unspecified atom stereocenters. The van der Waals surface area contributed by atoms with Gasteiger partial charge in [-0.1, -0.05) is 24.3 Å². The molecule has 0 spiro atoms. The lowest BCUT2D eigenvalue weighted by molar-refractivity contribution is 0.262. The number of phenols is 1. The third kappa shape index (κ3) is 4.27. The number of fused-ring (bicyclic) bond motifs is 2. The first kappa shape index (κ1) is 19.5. The highest BCUT2D eigenvalue weighted by Crippen LogP contribution is 2.34. The second-order valence-corrected chi connectivity index (χ2v) is 7.88. The molecule has 2 aromatic carbocycles. The molecule has 0 fully saturated rings. The van der Waals surface area contributed by atoms with Crippen molar-refractivity contribution in [2.24, 2.45) is 0 Å². The van der Waals surface area contributed by atoms with Crippen LogP contribution in [0.4, 0.5) is 5.69 Å². The van der Waals surface area contributed by atoms with Gasteiger partial charge in [-0.15, -0.1) is 0 Å². The summed E-state index contributed by atoms with van der Waals surface area (Å²) in [4.78, 5) is 13.7. The Balaban J connectivity index is 1.58. The fourth-order valence-corrected chi connectivity index (χ4v) is 3.94. The summed E-state index contributed by atoms with van der Waals surface area (Å²) in [6, 6.07) is 12.3. The van der Waals surface area contributed by atoms with Crippen LogP contribution >= 0.6 is 0 Å². The molecule has 0 saturated carbocycles. The zero-order valence-corrected chi connectivity index (χ0v) is 17.4. The van der Waals surface area contributed by atoms with Crippen molar-refractivity contribution in [2.45, 2.75) is 26.3 Å². The number of aromatic nitrogens is 2. The van der Waals surface area contributed by atoms with Crippen LogP contribution in [-0.4, -0.2) is 53.8 Å². The summed E-state index contributed by atoms with van der Waals surface area (Å²) in [7, 11) is 4.11. The van der Waals surface area contributed by atoms with Gasteiger partial charge in [-0.05, 0) is 50.9 Å². The van der Waals surface area contributed by atoms with Gasteiger partial charge < -0.3 is 19.6 Å². The number of rotatable bonds is 6. The Kier molecular flexibility index (Phi) is 5.53. The van der Waals surface area contributed by atoms with E-state index in [4.69, 9.17) is 9.72 Å². The zero-order valence-electron chi connectivity index (χ0n) is 17.4. The number of hydrogen-bond acceptors (Lipinski definition) is 6. The van der Waals surface area contributed by atoms with E-state index in [1.165, 1.54) is 5.56 Å². The van der Waals surface area contributed by atoms with Crippen LogP contribution in [0.25, 0.3) is 10.8 Å². The Morgan fingerprint density at radius 3 is 2.83 bits per heavy atom. The molecule has 0 radical (unpaired) electrons. The van der Waals surface area contributed by atoms with Crippen molar-refractivity contribution in [3.8, 4) is 11.8 Å². The van der Waals surface area contributed by atoms with Gasteiger partial charge in [-0.25, -0.2) is 4.98 Å². The highest BCUT2D eigenvalue weighted by molar-refractivity contribution is 5.95. The number of phenolic OH excluding ortho intramolecular Hbond substituents is 1. The second kappa shape index (κ2) is 8.25. The van der Waals surface area contributed by atoms with Gasteiger partial charge in [-0.3, -0.25) is 0 Å². The number of hydrogen-bond donors (Lipinski definition) is 1. The van der Waals surface area contributed by atoms with Crippen molar-refractivity contribution in [3.63, 3.8) is 0 Å². The Hall–Kier alpha value is -2.86. The molecule has 2 heterocycles. The monoisotopic (exact) mass is 392 g/mol. The van der Waals surface area contributed by atoms with E-state index in [1.54, 1.807) is 0 Å². The number of aryl methyl sites for hydroxylation is 1. The molecule has 1 aliphatic rings. The van der Waals surface area contributed by atoms with Crippen LogP contribution in [0.3, 0.4) is 0 Å². The highest BCUT2D eigenvalue weighted by atomic mass is 16.5. The molecule has 0 aliphatic carbocycles. The summed E-state index contributed by atoms with van der Waals surface area (Å²) in [6.45, 7) is 5.17. The van der Waals surface area contributed by atoms with Crippen LogP contribution in [0.1, 0.15) is 23.4 Å². The Bertz CT molecular complexity index is 1020. The average Bonchev–Trinajstić information content (AvgIpc) is 2.70. The van der Waals surface area contributed by atoms with Crippen molar-refractivity contribution in [1.82, 2.24) is 14.9 Å².